The first kappa shape index (κ1) is 19.5. The summed E-state index contributed by atoms with van der Waals surface area (Å²) < 4.78 is 10.8. The van der Waals surface area contributed by atoms with Gasteiger partial charge in [-0.2, -0.15) is 4.98 Å². The Kier molecular flexibility index (Phi) is 6.68. The zero-order valence-electron chi connectivity index (χ0n) is 16.5. The summed E-state index contributed by atoms with van der Waals surface area (Å²) in [6.07, 6.45) is 2.20. The zero-order valence-corrected chi connectivity index (χ0v) is 16.5. The summed E-state index contributed by atoms with van der Waals surface area (Å²) in [5, 5.41) is 6.66. The lowest BCUT2D eigenvalue weighted by atomic mass is 10.1. The number of unbranched alkanes of at least 4 members (excludes halogenated alkanes) is 1. The van der Waals surface area contributed by atoms with E-state index in [4.69, 9.17) is 14.5 Å². The van der Waals surface area contributed by atoms with Crippen LogP contribution in [0.5, 0.6) is 11.5 Å². The van der Waals surface area contributed by atoms with E-state index in [-0.39, 0.29) is 0 Å². The fraction of sp³-hybridized carbons (Fsp3) is 0.273. The topological polar surface area (TPSA) is 68.3 Å². The largest absolute Gasteiger partial charge is 0.497 e. The van der Waals surface area contributed by atoms with Gasteiger partial charge in [0.2, 0.25) is 5.95 Å². The van der Waals surface area contributed by atoms with Gasteiger partial charge >= 0.3 is 0 Å². The van der Waals surface area contributed by atoms with Crippen molar-refractivity contribution in [1.82, 2.24) is 9.97 Å². The van der Waals surface area contributed by atoms with E-state index < -0.39 is 0 Å². The van der Waals surface area contributed by atoms with E-state index in [1.165, 1.54) is 0 Å². The molecule has 1 aromatic heterocycles. The molecule has 0 saturated heterocycles. The molecule has 1 heterocycles. The van der Waals surface area contributed by atoms with Crippen LogP contribution in [0.25, 0.3) is 11.3 Å². The van der Waals surface area contributed by atoms with Crippen molar-refractivity contribution in [2.75, 3.05) is 31.4 Å². The van der Waals surface area contributed by atoms with Crippen molar-refractivity contribution in [2.45, 2.75) is 19.8 Å². The number of hydrogen-bond acceptors (Lipinski definition) is 6. The second-order valence-corrected chi connectivity index (χ2v) is 6.30. The quantitative estimate of drug-likeness (QED) is 0.504. The van der Waals surface area contributed by atoms with Crippen LogP contribution in [0, 0.1) is 0 Å². The van der Waals surface area contributed by atoms with Crippen LogP contribution in [0.3, 0.4) is 0 Å². The Labute approximate surface area is 166 Å². The number of hydrogen-bond donors (Lipinski definition) is 2. The van der Waals surface area contributed by atoms with Gasteiger partial charge in [0.15, 0.2) is 0 Å². The monoisotopic (exact) mass is 378 g/mol. The summed E-state index contributed by atoms with van der Waals surface area (Å²) in [6.45, 7) is 3.03. The summed E-state index contributed by atoms with van der Waals surface area (Å²) in [7, 11) is 3.26. The molecule has 0 fully saturated rings. The molecule has 0 aliphatic heterocycles. The number of aromatic nitrogens is 2. The van der Waals surface area contributed by atoms with Crippen molar-refractivity contribution >= 4 is 17.5 Å². The average molecular weight is 378 g/mol. The first-order valence-corrected chi connectivity index (χ1v) is 9.41. The molecule has 0 atom stereocenters. The fourth-order valence-corrected chi connectivity index (χ4v) is 2.78. The first-order valence-electron chi connectivity index (χ1n) is 9.41. The van der Waals surface area contributed by atoms with Crippen LogP contribution in [0.4, 0.5) is 17.5 Å². The molecule has 0 bridgehead atoms. The van der Waals surface area contributed by atoms with Crippen molar-refractivity contribution < 1.29 is 9.47 Å². The Morgan fingerprint density at radius 2 is 1.75 bits per heavy atom. The molecule has 2 aromatic carbocycles. The molecular weight excluding hydrogens is 352 g/mol. The fourth-order valence-electron chi connectivity index (χ4n) is 2.78. The molecule has 0 unspecified atom stereocenters. The maximum absolute atomic E-state index is 5.45. The lowest BCUT2D eigenvalue weighted by Crippen LogP contribution is -2.07. The van der Waals surface area contributed by atoms with Gasteiger partial charge in [0.05, 0.1) is 25.6 Å². The SMILES string of the molecule is CCCCNc1cc(-c2ccccc2)nc(Nc2cc(OC)ccc2OC)n1. The molecule has 3 rings (SSSR count). The van der Waals surface area contributed by atoms with Crippen LogP contribution in [-0.4, -0.2) is 30.7 Å². The highest BCUT2D eigenvalue weighted by molar-refractivity contribution is 5.69. The lowest BCUT2D eigenvalue weighted by molar-refractivity contribution is 0.405. The lowest BCUT2D eigenvalue weighted by Gasteiger charge is -2.14. The van der Waals surface area contributed by atoms with Crippen molar-refractivity contribution in [3.8, 4) is 22.8 Å². The molecule has 0 radical (unpaired) electrons. The molecule has 28 heavy (non-hydrogen) atoms. The van der Waals surface area contributed by atoms with Crippen LogP contribution in [0.1, 0.15) is 19.8 Å². The van der Waals surface area contributed by atoms with E-state index in [2.05, 4.69) is 22.5 Å². The van der Waals surface area contributed by atoms with Crippen molar-refractivity contribution in [3.63, 3.8) is 0 Å². The predicted molar refractivity (Wildman–Crippen MR) is 114 cm³/mol. The van der Waals surface area contributed by atoms with Crippen molar-refractivity contribution in [3.05, 3.63) is 54.6 Å². The maximum atomic E-state index is 5.45. The molecule has 6 heteroatoms. The highest BCUT2D eigenvalue weighted by Crippen LogP contribution is 2.31. The summed E-state index contributed by atoms with van der Waals surface area (Å²) in [4.78, 5) is 9.33. The summed E-state index contributed by atoms with van der Waals surface area (Å²) in [5.74, 6) is 2.69. The zero-order chi connectivity index (χ0) is 19.8. The Hall–Kier alpha value is -3.28. The molecule has 0 aliphatic rings. The number of anilines is 3. The van der Waals surface area contributed by atoms with E-state index in [9.17, 15) is 0 Å². The van der Waals surface area contributed by atoms with Crippen LogP contribution < -0.4 is 20.1 Å². The first-order chi connectivity index (χ1) is 13.7. The minimum atomic E-state index is 0.493. The third-order valence-corrected chi connectivity index (χ3v) is 4.29. The summed E-state index contributed by atoms with van der Waals surface area (Å²) >= 11 is 0. The van der Waals surface area contributed by atoms with E-state index in [0.717, 1.165) is 47.9 Å². The molecule has 3 aromatic rings. The summed E-state index contributed by atoms with van der Waals surface area (Å²) in [6, 6.07) is 17.6. The van der Waals surface area contributed by atoms with Crippen LogP contribution in [0.2, 0.25) is 0 Å². The van der Waals surface area contributed by atoms with Gasteiger partial charge < -0.3 is 20.1 Å². The van der Waals surface area contributed by atoms with Gasteiger partial charge in [-0.3, -0.25) is 0 Å². The molecule has 0 saturated carbocycles. The molecule has 6 nitrogen and oxygen atoms in total. The third-order valence-electron chi connectivity index (χ3n) is 4.29. The molecule has 146 valence electrons. The number of benzene rings is 2. The minimum Gasteiger partial charge on any atom is -0.497 e. The number of nitrogens with one attached hydrogen (secondary N) is 2. The smallest absolute Gasteiger partial charge is 0.229 e. The Morgan fingerprint density at radius 1 is 0.929 bits per heavy atom. The molecule has 0 spiro atoms. The molecular formula is C22H26N4O2. The van der Waals surface area contributed by atoms with Gasteiger partial charge in [-0.15, -0.1) is 0 Å². The van der Waals surface area contributed by atoms with Gasteiger partial charge in [-0.05, 0) is 18.6 Å². The second-order valence-electron chi connectivity index (χ2n) is 6.30. The number of methoxy groups -OCH3 is 2. The number of nitrogens with zero attached hydrogens (tertiary/aromatic N) is 2. The van der Waals surface area contributed by atoms with Gasteiger partial charge in [0, 0.05) is 24.2 Å². The molecule has 0 aliphatic carbocycles. The van der Waals surface area contributed by atoms with E-state index in [0.29, 0.717) is 11.7 Å². The summed E-state index contributed by atoms with van der Waals surface area (Å²) in [5.41, 5.74) is 2.62. The Balaban J connectivity index is 1.96. The molecule has 0 amide bonds. The van der Waals surface area contributed by atoms with Crippen molar-refractivity contribution in [1.29, 1.82) is 0 Å². The second kappa shape index (κ2) is 9.60. The predicted octanol–water partition coefficient (Wildman–Crippen LogP) is 5.12. The van der Waals surface area contributed by atoms with Crippen LogP contribution in [-0.2, 0) is 0 Å². The van der Waals surface area contributed by atoms with Crippen LogP contribution >= 0.6 is 0 Å². The van der Waals surface area contributed by atoms with Crippen LogP contribution in [0.15, 0.2) is 54.6 Å². The average Bonchev–Trinajstić information content (AvgIpc) is 2.74. The minimum absolute atomic E-state index is 0.493. The van der Waals surface area contributed by atoms with E-state index in [1.54, 1.807) is 14.2 Å². The normalized spacial score (nSPS) is 10.4. The van der Waals surface area contributed by atoms with E-state index in [1.807, 2.05) is 54.6 Å². The molecule has 2 N–H and O–H groups in total. The Bertz CT molecular complexity index is 900. The number of rotatable bonds is 9. The highest BCUT2D eigenvalue weighted by Gasteiger charge is 2.11. The maximum Gasteiger partial charge on any atom is 0.229 e. The Morgan fingerprint density at radius 3 is 2.46 bits per heavy atom. The number of ether oxygens (including phenoxy) is 2. The highest BCUT2D eigenvalue weighted by atomic mass is 16.5. The van der Waals surface area contributed by atoms with Gasteiger partial charge in [-0.1, -0.05) is 43.7 Å². The van der Waals surface area contributed by atoms with E-state index >= 15 is 0 Å². The van der Waals surface area contributed by atoms with Gasteiger partial charge in [0.1, 0.15) is 17.3 Å². The third kappa shape index (κ3) is 4.91. The van der Waals surface area contributed by atoms with Crippen molar-refractivity contribution in [2.24, 2.45) is 0 Å². The standard InChI is InChI=1S/C22H26N4O2/c1-4-5-13-23-21-15-18(16-9-7-6-8-10-16)24-22(26-21)25-19-14-17(27-2)11-12-20(19)28-3/h6-12,14-15H,4-5,13H2,1-3H3,(H2,23,24,25,26). The van der Waals surface area contributed by atoms with Gasteiger partial charge in [0.25, 0.3) is 0 Å². The van der Waals surface area contributed by atoms with Gasteiger partial charge in [-0.25, -0.2) is 4.98 Å².